The summed E-state index contributed by atoms with van der Waals surface area (Å²) in [5.74, 6) is -1.15. The first-order valence-corrected chi connectivity index (χ1v) is 23.2. The Morgan fingerprint density at radius 3 is 1.62 bits per heavy atom. The summed E-state index contributed by atoms with van der Waals surface area (Å²) < 4.78 is 11.6. The van der Waals surface area contributed by atoms with Gasteiger partial charge in [-0.1, -0.05) is 60.7 Å². The molecule has 8 rings (SSSR count). The van der Waals surface area contributed by atoms with Crippen molar-refractivity contribution < 1.29 is 29.3 Å². The van der Waals surface area contributed by atoms with E-state index in [1.54, 1.807) is 35.6 Å². The average molecular weight is 847 g/mol. The Bertz CT molecular complexity index is 1980. The number of benzene rings is 1. The molecular weight excluding hydrogens is 801 g/mol. The van der Waals surface area contributed by atoms with Crippen LogP contribution in [-0.2, 0) is 36.7 Å². The predicted octanol–water partition coefficient (Wildman–Crippen LogP) is 8.78. The Morgan fingerprint density at radius 2 is 1.14 bits per heavy atom. The van der Waals surface area contributed by atoms with Crippen LogP contribution in [0.5, 0.6) is 0 Å². The molecule has 2 saturated heterocycles. The van der Waals surface area contributed by atoms with Gasteiger partial charge in [0.2, 0.25) is 11.2 Å². The highest BCUT2D eigenvalue weighted by atomic mass is 32.1. The molecule has 294 valence electrons. The monoisotopic (exact) mass is 846 g/mol. The first-order valence-electron chi connectivity index (χ1n) is 18.8. The molecule has 2 aliphatic heterocycles. The van der Waals surface area contributed by atoms with E-state index in [-0.39, 0.29) is 18.2 Å². The Labute approximate surface area is 348 Å². The van der Waals surface area contributed by atoms with Crippen LogP contribution in [0.1, 0.15) is 62.2 Å². The van der Waals surface area contributed by atoms with Crippen molar-refractivity contribution in [1.29, 1.82) is 0 Å². The molecule has 2 N–H and O–H groups in total. The van der Waals surface area contributed by atoms with Gasteiger partial charge in [0.25, 0.3) is 0 Å². The number of rotatable bonds is 14. The number of hydrogen-bond donors (Lipinski definition) is 2. The summed E-state index contributed by atoms with van der Waals surface area (Å²) >= 11 is 7.27. The first-order chi connectivity index (χ1) is 27.2. The van der Waals surface area contributed by atoms with Crippen molar-refractivity contribution in [2.75, 3.05) is 32.7 Å². The lowest BCUT2D eigenvalue weighted by Crippen LogP contribution is -2.40. The molecule has 3 atom stereocenters. The van der Waals surface area contributed by atoms with E-state index in [0.717, 1.165) is 51.9 Å². The molecule has 2 aliphatic rings. The van der Waals surface area contributed by atoms with Crippen LogP contribution in [0, 0.1) is 0 Å². The molecule has 1 aromatic carbocycles. The van der Waals surface area contributed by atoms with E-state index in [0.29, 0.717) is 26.1 Å². The van der Waals surface area contributed by atoms with E-state index >= 15 is 0 Å². The summed E-state index contributed by atoms with van der Waals surface area (Å²) in [6.45, 7) is 6.39. The third kappa shape index (κ3) is 9.28. The van der Waals surface area contributed by atoms with Crippen LogP contribution in [0.25, 0.3) is 0 Å². The highest BCUT2D eigenvalue weighted by Gasteiger charge is 2.46. The second-order valence-corrected chi connectivity index (χ2v) is 18.9. The van der Waals surface area contributed by atoms with E-state index < -0.39 is 23.1 Å². The maximum absolute atomic E-state index is 13.1. The lowest BCUT2D eigenvalue weighted by atomic mass is 10.00. The fourth-order valence-electron chi connectivity index (χ4n) is 7.23. The Balaban J connectivity index is 0.000000172. The van der Waals surface area contributed by atoms with E-state index in [4.69, 9.17) is 9.47 Å². The molecule has 0 amide bonds. The van der Waals surface area contributed by atoms with Crippen molar-refractivity contribution in [3.8, 4) is 0 Å². The summed E-state index contributed by atoms with van der Waals surface area (Å²) in [5.41, 5.74) is -2.20. The molecule has 8 nitrogen and oxygen atoms in total. The highest BCUT2D eigenvalue weighted by Crippen LogP contribution is 2.39. The van der Waals surface area contributed by atoms with Crippen molar-refractivity contribution in [1.82, 2.24) is 9.80 Å². The normalized spacial score (nSPS) is 18.3. The maximum Gasteiger partial charge on any atom is 0.349 e. The standard InChI is InChI=1S/C22H23NO3S2.C21H23NO3S3/c1-16(17-7-3-2-4-8-17)23-12-11-18(15-23)26-21(24)22(25,19-9-5-13-27-19)20-10-6-14-28-20;23-20(21(24,18-7-3-13-27-18)19-8-4-14-28-19)25-16-9-11-22(15-16)10-1-5-17-6-2-12-26-17/h2-10,13-14,16,18,25H,11-12,15H2,1H3;2-4,6-8,12-14,16,24H,1,5,9-11,15H2/t16?,18-;16-/m11/s1. The van der Waals surface area contributed by atoms with Gasteiger partial charge in [-0.15, -0.1) is 56.7 Å². The Hall–Kier alpha value is -3.50. The van der Waals surface area contributed by atoms with Gasteiger partial charge in [0.15, 0.2) is 0 Å². The van der Waals surface area contributed by atoms with Crippen LogP contribution < -0.4 is 0 Å². The molecule has 0 saturated carbocycles. The quantitative estimate of drug-likeness (QED) is 0.105. The Morgan fingerprint density at radius 1 is 0.661 bits per heavy atom. The summed E-state index contributed by atoms with van der Waals surface area (Å²) in [6, 6.07) is 29.4. The van der Waals surface area contributed by atoms with Gasteiger partial charge in [0, 0.05) is 37.1 Å². The summed E-state index contributed by atoms with van der Waals surface area (Å²) in [4.78, 5) is 34.6. The number of ether oxygens (including phenoxy) is 2. The Kier molecular flexibility index (Phi) is 13.7. The van der Waals surface area contributed by atoms with Crippen LogP contribution in [0.2, 0.25) is 0 Å². The minimum atomic E-state index is -1.74. The van der Waals surface area contributed by atoms with Crippen LogP contribution in [-0.4, -0.2) is 76.9 Å². The SMILES string of the molecule is CC(c1ccccc1)N1CC[C@@H](OC(=O)C(O)(c2cccs2)c2cccs2)C1.O=C(O[C@@H]1CCN(CCCc2cccs2)C1)C(O)(c1cccs1)c1cccs1. The van der Waals surface area contributed by atoms with Crippen molar-refractivity contribution >= 4 is 68.6 Å². The summed E-state index contributed by atoms with van der Waals surface area (Å²) in [6.07, 6.45) is 3.40. The highest BCUT2D eigenvalue weighted by molar-refractivity contribution is 7.12. The fourth-order valence-corrected chi connectivity index (χ4v) is 11.4. The number of carbonyl (C=O) groups excluding carboxylic acids is 2. The zero-order valence-electron chi connectivity index (χ0n) is 31.1. The molecule has 0 aliphatic carbocycles. The van der Waals surface area contributed by atoms with Gasteiger partial charge in [-0.2, -0.15) is 0 Å². The molecule has 1 unspecified atom stereocenters. The number of hydrogen-bond acceptors (Lipinski definition) is 13. The van der Waals surface area contributed by atoms with E-state index in [1.807, 2.05) is 64.0 Å². The van der Waals surface area contributed by atoms with Crippen molar-refractivity contribution in [2.45, 2.75) is 62.1 Å². The predicted molar refractivity (Wildman–Crippen MR) is 228 cm³/mol. The second-order valence-electron chi connectivity index (χ2n) is 14.0. The molecule has 0 radical (unpaired) electrons. The minimum Gasteiger partial charge on any atom is -0.458 e. The fraction of sp³-hybridized carbons (Fsp3) is 0.349. The molecule has 6 aromatic rings. The van der Waals surface area contributed by atoms with E-state index in [2.05, 4.69) is 46.4 Å². The van der Waals surface area contributed by atoms with Gasteiger partial charge in [0.05, 0.1) is 19.5 Å². The van der Waals surface area contributed by atoms with Crippen LogP contribution in [0.4, 0.5) is 0 Å². The molecule has 0 bridgehead atoms. The van der Waals surface area contributed by atoms with Gasteiger partial charge in [-0.05, 0) is 102 Å². The van der Waals surface area contributed by atoms with E-state index in [1.165, 1.54) is 55.8 Å². The molecular formula is C43H46N2O6S5. The molecule has 7 heterocycles. The lowest BCUT2D eigenvalue weighted by Gasteiger charge is -2.27. The van der Waals surface area contributed by atoms with Gasteiger partial charge >= 0.3 is 11.9 Å². The van der Waals surface area contributed by atoms with Gasteiger partial charge < -0.3 is 19.7 Å². The largest absolute Gasteiger partial charge is 0.458 e. The third-order valence-corrected chi connectivity index (χ3v) is 15.2. The number of thiophene rings is 5. The number of likely N-dealkylation sites (tertiary alicyclic amines) is 2. The topological polar surface area (TPSA) is 99.5 Å². The van der Waals surface area contributed by atoms with Crippen LogP contribution in [0.3, 0.4) is 0 Å². The van der Waals surface area contributed by atoms with Crippen molar-refractivity contribution in [3.63, 3.8) is 0 Å². The number of carbonyl (C=O) groups is 2. The van der Waals surface area contributed by atoms with Gasteiger partial charge in [-0.25, -0.2) is 9.59 Å². The number of aryl methyl sites for hydroxylation is 1. The van der Waals surface area contributed by atoms with Gasteiger partial charge in [-0.3, -0.25) is 9.80 Å². The minimum absolute atomic E-state index is 0.166. The summed E-state index contributed by atoms with van der Waals surface area (Å²) in [5, 5.41) is 32.2. The lowest BCUT2D eigenvalue weighted by molar-refractivity contribution is -0.167. The molecule has 5 aromatic heterocycles. The second kappa shape index (κ2) is 18.8. The van der Waals surface area contributed by atoms with Crippen molar-refractivity contribution in [3.05, 3.63) is 148 Å². The third-order valence-electron chi connectivity index (χ3n) is 10.4. The van der Waals surface area contributed by atoms with Gasteiger partial charge in [0.1, 0.15) is 12.2 Å². The smallest absolute Gasteiger partial charge is 0.349 e. The zero-order chi connectivity index (χ0) is 39.0. The average Bonchev–Trinajstić information content (AvgIpc) is 4.07. The number of aliphatic hydroxyl groups is 2. The van der Waals surface area contributed by atoms with Crippen LogP contribution >= 0.6 is 56.7 Å². The van der Waals surface area contributed by atoms with Crippen LogP contribution in [0.15, 0.2) is 118 Å². The maximum atomic E-state index is 13.1. The zero-order valence-corrected chi connectivity index (χ0v) is 35.2. The van der Waals surface area contributed by atoms with Crippen molar-refractivity contribution in [2.24, 2.45) is 0 Å². The molecule has 13 heteroatoms. The molecule has 0 spiro atoms. The first kappa shape index (κ1) is 40.7. The molecule has 56 heavy (non-hydrogen) atoms. The number of nitrogens with zero attached hydrogens (tertiary/aromatic N) is 2. The number of esters is 2. The molecule has 2 fully saturated rings. The van der Waals surface area contributed by atoms with E-state index in [9.17, 15) is 19.8 Å². The summed E-state index contributed by atoms with van der Waals surface area (Å²) in [7, 11) is 0.